The van der Waals surface area contributed by atoms with Crippen molar-refractivity contribution in [2.45, 2.75) is 18.6 Å². The highest BCUT2D eigenvalue weighted by Gasteiger charge is 2.30. The van der Waals surface area contributed by atoms with Crippen molar-refractivity contribution in [1.29, 1.82) is 0 Å². The van der Waals surface area contributed by atoms with Crippen LogP contribution in [0.3, 0.4) is 0 Å². The molecule has 2 aromatic carbocycles. The normalized spacial score (nSPS) is 12.2. The summed E-state index contributed by atoms with van der Waals surface area (Å²) in [4.78, 5) is 38.6. The lowest BCUT2D eigenvalue weighted by Gasteiger charge is -2.15. The first-order valence-corrected chi connectivity index (χ1v) is 9.43. The molecular weight excluding hydrogens is 429 g/mol. The first kappa shape index (κ1) is 22.7. The van der Waals surface area contributed by atoms with Crippen molar-refractivity contribution in [3.05, 3.63) is 65.9 Å². The lowest BCUT2D eigenvalue weighted by molar-refractivity contribution is -0.141. The number of nitrogens with one attached hydrogen (secondary N) is 4. The number of urea groups is 1. The molecule has 0 saturated heterocycles. The van der Waals surface area contributed by atoms with E-state index in [0.29, 0.717) is 5.56 Å². The highest BCUT2D eigenvalue weighted by atomic mass is 19.4. The highest BCUT2D eigenvalue weighted by Crippen LogP contribution is 2.30. The van der Waals surface area contributed by atoms with Crippen LogP contribution in [0.4, 0.5) is 23.7 Å². The van der Waals surface area contributed by atoms with Gasteiger partial charge < -0.3 is 26.0 Å². The predicted molar refractivity (Wildman–Crippen MR) is 110 cm³/mol. The molecule has 8 nitrogen and oxygen atoms in total. The van der Waals surface area contributed by atoms with Gasteiger partial charge in [0.2, 0.25) is 5.91 Å². The molecule has 0 spiro atoms. The van der Waals surface area contributed by atoms with Crippen LogP contribution in [0, 0.1) is 0 Å². The van der Waals surface area contributed by atoms with Gasteiger partial charge in [-0.2, -0.15) is 13.2 Å². The molecule has 0 aliphatic carbocycles. The fourth-order valence-electron chi connectivity index (χ4n) is 3.07. The average molecular weight is 448 g/mol. The molecule has 11 heteroatoms. The lowest BCUT2D eigenvalue weighted by Crippen LogP contribution is -2.47. The average Bonchev–Trinajstić information content (AvgIpc) is 3.14. The molecule has 1 atom stereocenters. The number of para-hydroxylation sites is 1. The van der Waals surface area contributed by atoms with Crippen LogP contribution in [0.5, 0.6) is 0 Å². The van der Waals surface area contributed by atoms with Crippen LogP contribution < -0.4 is 16.0 Å². The molecule has 0 radical (unpaired) electrons. The number of carboxylic acid groups (broad SMARTS) is 1. The first-order chi connectivity index (χ1) is 15.1. The maximum atomic E-state index is 12.7. The van der Waals surface area contributed by atoms with E-state index in [1.54, 1.807) is 12.3 Å². The Kier molecular flexibility index (Phi) is 6.67. The van der Waals surface area contributed by atoms with Crippen LogP contribution in [-0.4, -0.2) is 40.6 Å². The molecule has 1 aromatic heterocycles. The number of hydrogen-bond acceptors (Lipinski definition) is 3. The number of benzene rings is 2. The molecule has 5 N–H and O–H groups in total. The number of aromatic nitrogens is 1. The van der Waals surface area contributed by atoms with Crippen molar-refractivity contribution >= 4 is 34.5 Å². The fraction of sp³-hybridized carbons (Fsp3) is 0.190. The summed E-state index contributed by atoms with van der Waals surface area (Å²) in [6, 6.07) is 9.14. The number of H-pyrrole nitrogens is 1. The number of carbonyl (C=O) groups excluding carboxylic acids is 2. The molecule has 0 fully saturated rings. The molecule has 3 aromatic rings. The van der Waals surface area contributed by atoms with Crippen molar-refractivity contribution in [2.24, 2.45) is 0 Å². The van der Waals surface area contributed by atoms with Crippen LogP contribution in [0.2, 0.25) is 0 Å². The Bertz CT molecular complexity index is 1140. The SMILES string of the molecule is O=C(CNC(=O)Nc1cccc(C(F)(F)F)c1)N[C@@H](Cc1c[nH]c2ccccc12)C(=O)O. The summed E-state index contributed by atoms with van der Waals surface area (Å²) in [5.41, 5.74) is 0.476. The molecular formula is C21H19F3N4O4. The Hall–Kier alpha value is -4.02. The van der Waals surface area contributed by atoms with Gasteiger partial charge in [-0.1, -0.05) is 24.3 Å². The molecule has 0 bridgehead atoms. The van der Waals surface area contributed by atoms with E-state index in [2.05, 4.69) is 20.9 Å². The Morgan fingerprint density at radius 3 is 2.53 bits per heavy atom. The summed E-state index contributed by atoms with van der Waals surface area (Å²) < 4.78 is 38.2. The third kappa shape index (κ3) is 5.78. The van der Waals surface area contributed by atoms with Gasteiger partial charge in [-0.3, -0.25) is 4.79 Å². The van der Waals surface area contributed by atoms with E-state index in [1.807, 2.05) is 18.2 Å². The largest absolute Gasteiger partial charge is 0.480 e. The Morgan fingerprint density at radius 2 is 1.81 bits per heavy atom. The van der Waals surface area contributed by atoms with E-state index in [-0.39, 0.29) is 12.1 Å². The Balaban J connectivity index is 1.54. The lowest BCUT2D eigenvalue weighted by atomic mass is 10.1. The number of carbonyl (C=O) groups is 3. The zero-order valence-electron chi connectivity index (χ0n) is 16.5. The molecule has 3 amide bonds. The van der Waals surface area contributed by atoms with Gasteiger partial charge in [0, 0.05) is 29.2 Å². The number of amides is 3. The maximum Gasteiger partial charge on any atom is 0.416 e. The Morgan fingerprint density at radius 1 is 1.06 bits per heavy atom. The third-order valence-electron chi connectivity index (χ3n) is 4.59. The number of halogens is 3. The van der Waals surface area contributed by atoms with Crippen molar-refractivity contribution < 1.29 is 32.7 Å². The predicted octanol–water partition coefficient (Wildman–Crippen LogP) is 3.12. The second-order valence-electron chi connectivity index (χ2n) is 6.91. The molecule has 0 saturated carbocycles. The van der Waals surface area contributed by atoms with E-state index in [9.17, 15) is 32.7 Å². The van der Waals surface area contributed by atoms with Crippen molar-refractivity contribution in [2.75, 3.05) is 11.9 Å². The molecule has 0 aliphatic rings. The first-order valence-electron chi connectivity index (χ1n) is 9.43. The van der Waals surface area contributed by atoms with Crippen LogP contribution >= 0.6 is 0 Å². The van der Waals surface area contributed by atoms with E-state index in [0.717, 1.165) is 29.1 Å². The molecule has 1 heterocycles. The van der Waals surface area contributed by atoms with E-state index < -0.39 is 42.2 Å². The highest BCUT2D eigenvalue weighted by molar-refractivity contribution is 5.93. The fourth-order valence-corrected chi connectivity index (χ4v) is 3.07. The molecule has 0 unspecified atom stereocenters. The minimum Gasteiger partial charge on any atom is -0.480 e. The summed E-state index contributed by atoms with van der Waals surface area (Å²) >= 11 is 0. The standard InChI is InChI=1S/C21H19F3N4O4/c22-21(23,24)13-4-3-5-14(9-13)27-20(32)26-11-18(29)28-17(19(30)31)8-12-10-25-16-7-2-1-6-15(12)16/h1-7,9-10,17,25H,8,11H2,(H,28,29)(H,30,31)(H2,26,27,32)/t17-/m0/s1. The van der Waals surface area contributed by atoms with E-state index in [4.69, 9.17) is 0 Å². The number of anilines is 1. The summed E-state index contributed by atoms with van der Waals surface area (Å²) in [5, 5.41) is 17.0. The zero-order valence-corrected chi connectivity index (χ0v) is 16.5. The zero-order chi connectivity index (χ0) is 23.3. The summed E-state index contributed by atoms with van der Waals surface area (Å²) in [7, 11) is 0. The van der Waals surface area contributed by atoms with Gasteiger partial charge in [-0.15, -0.1) is 0 Å². The number of rotatable bonds is 7. The maximum absolute atomic E-state index is 12.7. The van der Waals surface area contributed by atoms with Gasteiger partial charge in [0.1, 0.15) is 6.04 Å². The van der Waals surface area contributed by atoms with Gasteiger partial charge in [0.25, 0.3) is 0 Å². The van der Waals surface area contributed by atoms with Crippen LogP contribution in [0.1, 0.15) is 11.1 Å². The number of carboxylic acids is 1. The monoisotopic (exact) mass is 448 g/mol. The van der Waals surface area contributed by atoms with Crippen molar-refractivity contribution in [3.63, 3.8) is 0 Å². The quantitative estimate of drug-likeness (QED) is 0.381. The smallest absolute Gasteiger partial charge is 0.416 e. The van der Waals surface area contributed by atoms with Crippen molar-refractivity contribution in [1.82, 2.24) is 15.6 Å². The number of aliphatic carboxylic acids is 1. The second-order valence-corrected chi connectivity index (χ2v) is 6.91. The van der Waals surface area contributed by atoms with Gasteiger partial charge >= 0.3 is 18.2 Å². The van der Waals surface area contributed by atoms with Gasteiger partial charge in [0.05, 0.1) is 12.1 Å². The minimum absolute atomic E-state index is 0.0154. The second kappa shape index (κ2) is 9.41. The van der Waals surface area contributed by atoms with E-state index >= 15 is 0 Å². The van der Waals surface area contributed by atoms with Gasteiger partial charge in [-0.25, -0.2) is 9.59 Å². The number of hydrogen-bond donors (Lipinski definition) is 5. The third-order valence-corrected chi connectivity index (χ3v) is 4.59. The molecule has 32 heavy (non-hydrogen) atoms. The van der Waals surface area contributed by atoms with Crippen LogP contribution in [0.25, 0.3) is 10.9 Å². The van der Waals surface area contributed by atoms with E-state index in [1.165, 1.54) is 6.07 Å². The van der Waals surface area contributed by atoms with Gasteiger partial charge in [-0.05, 0) is 29.8 Å². The van der Waals surface area contributed by atoms with Crippen LogP contribution in [-0.2, 0) is 22.2 Å². The van der Waals surface area contributed by atoms with Gasteiger partial charge in [0.15, 0.2) is 0 Å². The molecule has 0 aliphatic heterocycles. The van der Waals surface area contributed by atoms with Crippen molar-refractivity contribution in [3.8, 4) is 0 Å². The molecule has 3 rings (SSSR count). The molecule has 168 valence electrons. The number of fused-ring (bicyclic) bond motifs is 1. The van der Waals surface area contributed by atoms with Crippen LogP contribution in [0.15, 0.2) is 54.7 Å². The topological polar surface area (TPSA) is 123 Å². The number of alkyl halides is 3. The summed E-state index contributed by atoms with van der Waals surface area (Å²) in [6.07, 6.45) is -2.89. The summed E-state index contributed by atoms with van der Waals surface area (Å²) in [6.45, 7) is -0.567. The number of aromatic amines is 1. The summed E-state index contributed by atoms with van der Waals surface area (Å²) in [5.74, 6) is -2.02. The Labute approximate surface area is 179 Å². The minimum atomic E-state index is -4.56.